The van der Waals surface area contributed by atoms with Crippen molar-refractivity contribution in [2.75, 3.05) is 38.1 Å². The maximum Gasteiger partial charge on any atom is 0.319 e. The highest BCUT2D eigenvalue weighted by atomic mass is 16.5. The van der Waals surface area contributed by atoms with Gasteiger partial charge in [0.1, 0.15) is 17.2 Å². The molecule has 2 aromatic carbocycles. The van der Waals surface area contributed by atoms with Gasteiger partial charge in [0.25, 0.3) is 0 Å². The van der Waals surface area contributed by atoms with Crippen LogP contribution in [0.15, 0.2) is 42.5 Å². The molecule has 1 fully saturated rings. The van der Waals surface area contributed by atoms with E-state index in [2.05, 4.69) is 10.6 Å². The summed E-state index contributed by atoms with van der Waals surface area (Å²) in [5, 5.41) is 5.58. The molecule has 1 unspecified atom stereocenters. The minimum absolute atomic E-state index is 0.0579. The zero-order valence-electron chi connectivity index (χ0n) is 16.0. The monoisotopic (exact) mass is 385 g/mol. The Morgan fingerprint density at radius 3 is 2.50 bits per heavy atom. The number of carbonyl (C=O) groups is 2. The summed E-state index contributed by atoms with van der Waals surface area (Å²) < 4.78 is 15.6. The molecular formula is C20H23N3O5. The second-order valence-electron chi connectivity index (χ2n) is 6.27. The maximum atomic E-state index is 12.4. The number of hydrogen-bond acceptors (Lipinski definition) is 5. The van der Waals surface area contributed by atoms with Crippen molar-refractivity contribution in [3.63, 3.8) is 0 Å². The second-order valence-corrected chi connectivity index (χ2v) is 6.27. The van der Waals surface area contributed by atoms with Crippen LogP contribution in [0.1, 0.15) is 6.42 Å². The van der Waals surface area contributed by atoms with Crippen molar-refractivity contribution in [3.8, 4) is 17.2 Å². The molecule has 28 heavy (non-hydrogen) atoms. The van der Waals surface area contributed by atoms with Gasteiger partial charge in [-0.2, -0.15) is 0 Å². The second kappa shape index (κ2) is 8.51. The van der Waals surface area contributed by atoms with Crippen molar-refractivity contribution in [1.82, 2.24) is 5.32 Å². The molecule has 1 heterocycles. The molecule has 1 aliphatic rings. The molecule has 2 N–H and O–H groups in total. The third-order valence-electron chi connectivity index (χ3n) is 4.48. The minimum atomic E-state index is -0.420. The summed E-state index contributed by atoms with van der Waals surface area (Å²) in [6.07, 6.45) is 0.222. The lowest BCUT2D eigenvalue weighted by Crippen LogP contribution is -2.39. The molecule has 3 rings (SSSR count). The van der Waals surface area contributed by atoms with Gasteiger partial charge in [-0.05, 0) is 24.3 Å². The van der Waals surface area contributed by atoms with Gasteiger partial charge in [0.05, 0.1) is 33.1 Å². The summed E-state index contributed by atoms with van der Waals surface area (Å²) in [5.41, 5.74) is 1.22. The van der Waals surface area contributed by atoms with Crippen LogP contribution in [0, 0.1) is 0 Å². The summed E-state index contributed by atoms with van der Waals surface area (Å²) in [5.74, 6) is 1.72. The number of nitrogens with zero attached hydrogens (tertiary/aromatic N) is 1. The Hall–Kier alpha value is -3.42. The van der Waals surface area contributed by atoms with Gasteiger partial charge in [-0.1, -0.05) is 6.07 Å². The number of benzene rings is 2. The highest BCUT2D eigenvalue weighted by Gasteiger charge is 2.31. The molecule has 2 aromatic rings. The van der Waals surface area contributed by atoms with Crippen molar-refractivity contribution in [2.24, 2.45) is 0 Å². The number of amides is 3. The van der Waals surface area contributed by atoms with Crippen LogP contribution in [-0.4, -0.2) is 45.9 Å². The number of rotatable bonds is 6. The van der Waals surface area contributed by atoms with Gasteiger partial charge in [-0.3, -0.25) is 4.79 Å². The lowest BCUT2D eigenvalue weighted by Gasteiger charge is -2.18. The normalized spacial score (nSPS) is 15.9. The van der Waals surface area contributed by atoms with Gasteiger partial charge >= 0.3 is 6.03 Å². The molecule has 8 nitrogen and oxygen atoms in total. The van der Waals surface area contributed by atoms with Crippen LogP contribution in [0.2, 0.25) is 0 Å². The van der Waals surface area contributed by atoms with Crippen molar-refractivity contribution < 1.29 is 23.8 Å². The lowest BCUT2D eigenvalue weighted by molar-refractivity contribution is -0.117. The number of nitrogens with one attached hydrogen (secondary N) is 2. The third-order valence-corrected chi connectivity index (χ3v) is 4.48. The highest BCUT2D eigenvalue weighted by Crippen LogP contribution is 2.29. The summed E-state index contributed by atoms with van der Waals surface area (Å²) >= 11 is 0. The van der Waals surface area contributed by atoms with Gasteiger partial charge in [0, 0.05) is 30.8 Å². The molecule has 0 saturated carbocycles. The van der Waals surface area contributed by atoms with Crippen LogP contribution >= 0.6 is 0 Å². The first kappa shape index (κ1) is 19.3. The SMILES string of the molecule is COc1cccc(N2CC(NC(=O)Nc3cc(OC)ccc3OC)CC2=O)c1. The summed E-state index contributed by atoms with van der Waals surface area (Å²) in [4.78, 5) is 26.4. The topological polar surface area (TPSA) is 89.1 Å². The lowest BCUT2D eigenvalue weighted by atomic mass is 10.2. The van der Waals surface area contributed by atoms with Gasteiger partial charge in [0.2, 0.25) is 5.91 Å². The molecule has 0 radical (unpaired) electrons. The Morgan fingerprint density at radius 2 is 1.79 bits per heavy atom. The number of anilines is 2. The Morgan fingerprint density at radius 1 is 1.04 bits per heavy atom. The van der Waals surface area contributed by atoms with Crippen LogP contribution in [-0.2, 0) is 4.79 Å². The van der Waals surface area contributed by atoms with Crippen LogP contribution < -0.4 is 29.7 Å². The standard InChI is InChI=1S/C20H23N3O5/c1-26-15-6-4-5-14(10-15)23-12-13(9-19(23)24)21-20(25)22-17-11-16(27-2)7-8-18(17)28-3/h4-8,10-11,13H,9,12H2,1-3H3,(H2,21,22,25). The van der Waals surface area contributed by atoms with E-state index in [0.29, 0.717) is 29.5 Å². The molecule has 0 aliphatic carbocycles. The Bertz CT molecular complexity index is 871. The first-order valence-corrected chi connectivity index (χ1v) is 8.78. The fourth-order valence-electron chi connectivity index (χ4n) is 3.09. The van der Waals surface area contributed by atoms with Crippen molar-refractivity contribution in [3.05, 3.63) is 42.5 Å². The quantitative estimate of drug-likeness (QED) is 0.798. The maximum absolute atomic E-state index is 12.4. The van der Waals surface area contributed by atoms with E-state index in [9.17, 15) is 9.59 Å². The molecule has 0 bridgehead atoms. The van der Waals surface area contributed by atoms with Gasteiger partial charge < -0.3 is 29.7 Å². The van der Waals surface area contributed by atoms with Crippen molar-refractivity contribution in [2.45, 2.75) is 12.5 Å². The van der Waals surface area contributed by atoms with E-state index in [-0.39, 0.29) is 18.4 Å². The van der Waals surface area contributed by atoms with Crippen LogP contribution in [0.25, 0.3) is 0 Å². The highest BCUT2D eigenvalue weighted by molar-refractivity contribution is 5.98. The fraction of sp³-hybridized carbons (Fsp3) is 0.300. The van der Waals surface area contributed by atoms with Crippen molar-refractivity contribution >= 4 is 23.3 Å². The first-order chi connectivity index (χ1) is 13.5. The molecular weight excluding hydrogens is 362 g/mol. The molecule has 1 saturated heterocycles. The third kappa shape index (κ3) is 4.28. The number of methoxy groups -OCH3 is 3. The number of urea groups is 1. The van der Waals surface area contributed by atoms with E-state index in [4.69, 9.17) is 14.2 Å². The van der Waals surface area contributed by atoms with Crippen LogP contribution in [0.4, 0.5) is 16.2 Å². The van der Waals surface area contributed by atoms with E-state index in [1.54, 1.807) is 43.4 Å². The smallest absolute Gasteiger partial charge is 0.319 e. The number of hydrogen-bond donors (Lipinski definition) is 2. The van der Waals surface area contributed by atoms with E-state index < -0.39 is 6.03 Å². The van der Waals surface area contributed by atoms with E-state index in [1.807, 2.05) is 18.2 Å². The van der Waals surface area contributed by atoms with Gasteiger partial charge in [-0.25, -0.2) is 4.79 Å². The van der Waals surface area contributed by atoms with E-state index in [1.165, 1.54) is 7.11 Å². The predicted molar refractivity (Wildman–Crippen MR) is 105 cm³/mol. The van der Waals surface area contributed by atoms with E-state index >= 15 is 0 Å². The predicted octanol–water partition coefficient (Wildman–Crippen LogP) is 2.64. The zero-order valence-corrected chi connectivity index (χ0v) is 16.0. The van der Waals surface area contributed by atoms with Crippen molar-refractivity contribution in [1.29, 1.82) is 0 Å². The fourth-order valence-corrected chi connectivity index (χ4v) is 3.09. The van der Waals surface area contributed by atoms with Gasteiger partial charge in [0.15, 0.2) is 0 Å². The molecule has 148 valence electrons. The molecule has 8 heteroatoms. The van der Waals surface area contributed by atoms with Crippen LogP contribution in [0.5, 0.6) is 17.2 Å². The molecule has 0 aromatic heterocycles. The molecule has 3 amide bonds. The zero-order chi connectivity index (χ0) is 20.1. The number of ether oxygens (including phenoxy) is 3. The minimum Gasteiger partial charge on any atom is -0.497 e. The van der Waals surface area contributed by atoms with E-state index in [0.717, 1.165) is 5.69 Å². The molecule has 0 spiro atoms. The van der Waals surface area contributed by atoms with Crippen LogP contribution in [0.3, 0.4) is 0 Å². The summed E-state index contributed by atoms with van der Waals surface area (Å²) in [7, 11) is 4.64. The summed E-state index contributed by atoms with van der Waals surface area (Å²) in [6.45, 7) is 0.384. The number of carbonyl (C=O) groups excluding carboxylic acids is 2. The Balaban J connectivity index is 1.65. The van der Waals surface area contributed by atoms with Gasteiger partial charge in [-0.15, -0.1) is 0 Å². The molecule has 1 atom stereocenters. The Labute approximate surface area is 163 Å². The first-order valence-electron chi connectivity index (χ1n) is 8.78. The average Bonchev–Trinajstić information content (AvgIpc) is 3.07. The molecule has 1 aliphatic heterocycles. The average molecular weight is 385 g/mol. The Kier molecular flexibility index (Phi) is 5.88. The largest absolute Gasteiger partial charge is 0.497 e. The summed E-state index contributed by atoms with van der Waals surface area (Å²) in [6, 6.07) is 11.7.